The molecule has 0 unspecified atom stereocenters. The van der Waals surface area contributed by atoms with Gasteiger partial charge in [-0.15, -0.1) is 0 Å². The van der Waals surface area contributed by atoms with Crippen molar-refractivity contribution in [2.45, 2.75) is 32.1 Å². The van der Waals surface area contributed by atoms with Gasteiger partial charge in [-0.3, -0.25) is 9.69 Å². The Morgan fingerprint density at radius 3 is 2.88 bits per heavy atom. The van der Waals surface area contributed by atoms with Crippen LogP contribution in [0.15, 0.2) is 21.2 Å². The second kappa shape index (κ2) is 7.22. The number of aromatic nitrogens is 2. The fourth-order valence-corrected chi connectivity index (χ4v) is 3.04. The van der Waals surface area contributed by atoms with Crippen LogP contribution < -0.4 is 4.74 Å². The molecular formula is C16H21FN4O4. The van der Waals surface area contributed by atoms with Crippen molar-refractivity contribution in [1.29, 1.82) is 0 Å². The number of halogens is 1. The van der Waals surface area contributed by atoms with Crippen molar-refractivity contribution in [3.8, 4) is 5.88 Å². The van der Waals surface area contributed by atoms with Gasteiger partial charge in [0.2, 0.25) is 5.76 Å². The van der Waals surface area contributed by atoms with Crippen molar-refractivity contribution in [1.82, 2.24) is 20.1 Å². The zero-order valence-electron chi connectivity index (χ0n) is 14.4. The van der Waals surface area contributed by atoms with Crippen LogP contribution in [0.5, 0.6) is 5.88 Å². The Hall–Kier alpha value is -2.42. The molecule has 0 aromatic carbocycles. The summed E-state index contributed by atoms with van der Waals surface area (Å²) >= 11 is 0. The number of methoxy groups -OCH3 is 1. The Morgan fingerprint density at radius 1 is 1.44 bits per heavy atom. The van der Waals surface area contributed by atoms with E-state index < -0.39 is 6.17 Å². The summed E-state index contributed by atoms with van der Waals surface area (Å²) in [5, 5.41) is 7.47. The number of alkyl halides is 1. The van der Waals surface area contributed by atoms with E-state index >= 15 is 0 Å². The summed E-state index contributed by atoms with van der Waals surface area (Å²) in [6.07, 6.45) is -0.562. The SMILES string of the molecule is COc1cc(C(=O)N(C)C[C@@H]2C[C@H](F)CN2Cc2cc(C)no2)on1. The molecule has 1 amide bonds. The molecule has 0 bridgehead atoms. The largest absolute Gasteiger partial charge is 0.479 e. The van der Waals surface area contributed by atoms with Gasteiger partial charge in [-0.1, -0.05) is 5.16 Å². The molecule has 25 heavy (non-hydrogen) atoms. The zero-order chi connectivity index (χ0) is 18.0. The number of carbonyl (C=O) groups is 1. The summed E-state index contributed by atoms with van der Waals surface area (Å²) in [5.74, 6) is 0.689. The third-order valence-electron chi connectivity index (χ3n) is 4.25. The predicted octanol–water partition coefficient (Wildman–Crippen LogP) is 1.66. The quantitative estimate of drug-likeness (QED) is 0.782. The molecule has 1 saturated heterocycles. The second-order valence-corrected chi connectivity index (χ2v) is 6.27. The topological polar surface area (TPSA) is 84.8 Å². The van der Waals surface area contributed by atoms with E-state index in [9.17, 15) is 9.18 Å². The number of nitrogens with zero attached hydrogens (tertiary/aromatic N) is 4. The minimum atomic E-state index is -0.928. The summed E-state index contributed by atoms with van der Waals surface area (Å²) in [5.41, 5.74) is 0.786. The molecule has 9 heteroatoms. The smallest absolute Gasteiger partial charge is 0.292 e. The summed E-state index contributed by atoms with van der Waals surface area (Å²) in [6, 6.07) is 3.15. The highest BCUT2D eigenvalue weighted by Gasteiger charge is 2.34. The number of likely N-dealkylation sites (N-methyl/N-ethyl adjacent to an activating group) is 1. The molecule has 8 nitrogen and oxygen atoms in total. The van der Waals surface area contributed by atoms with E-state index in [-0.39, 0.29) is 23.6 Å². The minimum Gasteiger partial charge on any atom is -0.479 e. The summed E-state index contributed by atoms with van der Waals surface area (Å²) in [4.78, 5) is 15.9. The average Bonchev–Trinajstić information content (AvgIpc) is 3.28. The number of hydrogen-bond acceptors (Lipinski definition) is 7. The van der Waals surface area contributed by atoms with Crippen LogP contribution in [0.3, 0.4) is 0 Å². The molecule has 1 fully saturated rings. The maximum absolute atomic E-state index is 13.9. The summed E-state index contributed by atoms with van der Waals surface area (Å²) < 4.78 is 29.0. The first kappa shape index (κ1) is 17.4. The molecule has 1 aliphatic rings. The van der Waals surface area contributed by atoms with Crippen molar-refractivity contribution in [2.75, 3.05) is 27.2 Å². The van der Waals surface area contributed by atoms with Gasteiger partial charge in [0, 0.05) is 32.2 Å². The van der Waals surface area contributed by atoms with Crippen LogP contribution in [-0.4, -0.2) is 65.5 Å². The molecule has 3 rings (SSSR count). The van der Waals surface area contributed by atoms with Crippen LogP contribution in [0.2, 0.25) is 0 Å². The van der Waals surface area contributed by atoms with Crippen LogP contribution in [-0.2, 0) is 6.54 Å². The van der Waals surface area contributed by atoms with Crippen molar-refractivity contribution in [2.24, 2.45) is 0 Å². The Balaban J connectivity index is 1.63. The lowest BCUT2D eigenvalue weighted by Gasteiger charge is -2.27. The molecule has 2 atom stereocenters. The highest BCUT2D eigenvalue weighted by atomic mass is 19.1. The molecule has 0 radical (unpaired) electrons. The number of rotatable bonds is 6. The maximum Gasteiger partial charge on any atom is 0.292 e. The molecular weight excluding hydrogens is 331 g/mol. The first-order valence-electron chi connectivity index (χ1n) is 8.02. The zero-order valence-corrected chi connectivity index (χ0v) is 14.4. The molecule has 0 spiro atoms. The van der Waals surface area contributed by atoms with Gasteiger partial charge in [-0.05, 0) is 18.5 Å². The van der Waals surface area contributed by atoms with Crippen molar-refractivity contribution in [3.05, 3.63) is 29.3 Å². The van der Waals surface area contributed by atoms with E-state index in [1.165, 1.54) is 18.1 Å². The lowest BCUT2D eigenvalue weighted by Crippen LogP contribution is -2.40. The van der Waals surface area contributed by atoms with Gasteiger partial charge >= 0.3 is 0 Å². The molecule has 0 aliphatic carbocycles. The van der Waals surface area contributed by atoms with Crippen LogP contribution in [0.4, 0.5) is 4.39 Å². The van der Waals surface area contributed by atoms with Gasteiger partial charge < -0.3 is 18.7 Å². The monoisotopic (exact) mass is 352 g/mol. The summed E-state index contributed by atoms with van der Waals surface area (Å²) in [7, 11) is 3.10. The van der Waals surface area contributed by atoms with E-state index in [0.29, 0.717) is 31.8 Å². The minimum absolute atomic E-state index is 0.0894. The van der Waals surface area contributed by atoms with E-state index in [0.717, 1.165) is 5.69 Å². The van der Waals surface area contributed by atoms with Crippen molar-refractivity contribution in [3.63, 3.8) is 0 Å². The summed E-state index contributed by atoms with van der Waals surface area (Å²) in [6.45, 7) is 2.98. The van der Waals surface area contributed by atoms with Gasteiger partial charge in [0.15, 0.2) is 5.76 Å². The Morgan fingerprint density at radius 2 is 2.24 bits per heavy atom. The molecule has 2 aromatic heterocycles. The molecule has 3 heterocycles. The van der Waals surface area contributed by atoms with E-state index in [1.807, 2.05) is 17.9 Å². The number of ether oxygens (including phenoxy) is 1. The van der Waals surface area contributed by atoms with Crippen LogP contribution in [0.25, 0.3) is 0 Å². The highest BCUT2D eigenvalue weighted by Crippen LogP contribution is 2.24. The molecule has 2 aromatic rings. The van der Waals surface area contributed by atoms with E-state index in [1.54, 1.807) is 7.05 Å². The fourth-order valence-electron chi connectivity index (χ4n) is 3.04. The van der Waals surface area contributed by atoms with Crippen molar-refractivity contribution < 1.29 is 23.0 Å². The van der Waals surface area contributed by atoms with Gasteiger partial charge in [-0.25, -0.2) is 4.39 Å². The first-order valence-corrected chi connectivity index (χ1v) is 8.02. The highest BCUT2D eigenvalue weighted by molar-refractivity contribution is 5.91. The average molecular weight is 352 g/mol. The number of likely N-dealkylation sites (tertiary alicyclic amines) is 1. The maximum atomic E-state index is 13.9. The lowest BCUT2D eigenvalue weighted by atomic mass is 10.2. The van der Waals surface area contributed by atoms with E-state index in [2.05, 4.69) is 10.3 Å². The van der Waals surface area contributed by atoms with E-state index in [4.69, 9.17) is 13.8 Å². The molecule has 0 N–H and O–H groups in total. The van der Waals surface area contributed by atoms with Gasteiger partial charge in [0.05, 0.1) is 25.4 Å². The normalized spacial score (nSPS) is 20.8. The lowest BCUT2D eigenvalue weighted by molar-refractivity contribution is 0.0705. The number of hydrogen-bond donors (Lipinski definition) is 0. The second-order valence-electron chi connectivity index (χ2n) is 6.27. The molecule has 1 aliphatic heterocycles. The third-order valence-corrected chi connectivity index (χ3v) is 4.25. The van der Waals surface area contributed by atoms with Crippen LogP contribution in [0.1, 0.15) is 28.4 Å². The van der Waals surface area contributed by atoms with Gasteiger partial charge in [0.1, 0.15) is 6.17 Å². The number of carbonyl (C=O) groups excluding carboxylic acids is 1. The Kier molecular flexibility index (Phi) is 5.03. The van der Waals surface area contributed by atoms with Gasteiger partial charge in [-0.2, -0.15) is 0 Å². The third kappa shape index (κ3) is 3.98. The van der Waals surface area contributed by atoms with Crippen LogP contribution >= 0.6 is 0 Å². The predicted molar refractivity (Wildman–Crippen MR) is 85.0 cm³/mol. The Labute approximate surface area is 144 Å². The number of aryl methyl sites for hydroxylation is 1. The Bertz CT molecular complexity index is 731. The molecule has 136 valence electrons. The van der Waals surface area contributed by atoms with Gasteiger partial charge in [0.25, 0.3) is 11.8 Å². The number of amides is 1. The fraction of sp³-hybridized carbons (Fsp3) is 0.562. The van der Waals surface area contributed by atoms with Crippen LogP contribution in [0, 0.1) is 6.92 Å². The first-order chi connectivity index (χ1) is 12.0. The standard InChI is InChI=1S/C16H21FN4O4/c1-10-4-13(24-18-10)9-21-7-11(17)5-12(21)8-20(2)16(22)14-6-15(23-3)19-25-14/h4,6,11-12H,5,7-9H2,1-3H3/t11-,12-/m0/s1. The molecule has 0 saturated carbocycles. The van der Waals surface area contributed by atoms with Crippen molar-refractivity contribution >= 4 is 5.91 Å².